The Kier molecular flexibility index (Phi) is 3.77. The summed E-state index contributed by atoms with van der Waals surface area (Å²) in [6.07, 6.45) is 0. The van der Waals surface area contributed by atoms with E-state index in [1.807, 2.05) is 32.2 Å². The van der Waals surface area contributed by atoms with Crippen LogP contribution >= 0.6 is 15.9 Å². The van der Waals surface area contributed by atoms with Crippen molar-refractivity contribution in [1.82, 2.24) is 9.55 Å². The molecular formula is C15H16BrN3. The average molecular weight is 318 g/mol. The van der Waals surface area contributed by atoms with E-state index < -0.39 is 0 Å². The van der Waals surface area contributed by atoms with E-state index in [-0.39, 0.29) is 0 Å². The molecule has 1 heterocycles. The number of nitrogens with zero attached hydrogens (tertiary/aromatic N) is 3. The van der Waals surface area contributed by atoms with E-state index in [4.69, 9.17) is 5.26 Å². The Labute approximate surface area is 122 Å². The van der Waals surface area contributed by atoms with Gasteiger partial charge < -0.3 is 4.57 Å². The van der Waals surface area contributed by atoms with Crippen LogP contribution in [0.2, 0.25) is 0 Å². The van der Waals surface area contributed by atoms with Gasteiger partial charge in [0.05, 0.1) is 17.3 Å². The average Bonchev–Trinajstić information content (AvgIpc) is 2.64. The van der Waals surface area contributed by atoms with Gasteiger partial charge in [0.2, 0.25) is 0 Å². The molecule has 0 saturated heterocycles. The van der Waals surface area contributed by atoms with Gasteiger partial charge >= 0.3 is 0 Å². The van der Waals surface area contributed by atoms with Gasteiger partial charge in [-0.1, -0.05) is 13.8 Å². The summed E-state index contributed by atoms with van der Waals surface area (Å²) in [5.74, 6) is 1.33. The Morgan fingerprint density at radius 2 is 2.05 bits per heavy atom. The molecule has 0 bridgehead atoms. The lowest BCUT2D eigenvalue weighted by Crippen LogP contribution is -2.01. The number of halogens is 1. The van der Waals surface area contributed by atoms with E-state index >= 15 is 0 Å². The summed E-state index contributed by atoms with van der Waals surface area (Å²) in [6.45, 7) is 6.31. The third-order valence-electron chi connectivity index (χ3n) is 3.24. The van der Waals surface area contributed by atoms with Crippen LogP contribution in [0.3, 0.4) is 0 Å². The molecule has 0 atom stereocenters. The second-order valence-electron chi connectivity index (χ2n) is 4.97. The second-order valence-corrected chi connectivity index (χ2v) is 5.72. The monoisotopic (exact) mass is 317 g/mol. The zero-order chi connectivity index (χ0) is 14.2. The lowest BCUT2D eigenvalue weighted by Gasteiger charge is -2.10. The molecule has 98 valence electrons. The van der Waals surface area contributed by atoms with Gasteiger partial charge in [-0.25, -0.2) is 4.98 Å². The molecule has 0 radical (unpaired) electrons. The van der Waals surface area contributed by atoms with Gasteiger partial charge in [0.15, 0.2) is 0 Å². The van der Waals surface area contributed by atoms with Gasteiger partial charge in [0.25, 0.3) is 0 Å². The minimum atomic E-state index is 0.402. The first-order valence-electron chi connectivity index (χ1n) is 6.19. The summed E-state index contributed by atoms with van der Waals surface area (Å²) in [6, 6.07) is 7.85. The van der Waals surface area contributed by atoms with Gasteiger partial charge in [-0.05, 0) is 52.5 Å². The Morgan fingerprint density at radius 1 is 1.37 bits per heavy atom. The van der Waals surface area contributed by atoms with Crippen molar-refractivity contribution < 1.29 is 0 Å². The quantitative estimate of drug-likeness (QED) is 0.834. The fraction of sp³-hybridized carbons (Fsp3) is 0.333. The highest BCUT2D eigenvalue weighted by Crippen LogP contribution is 2.31. The van der Waals surface area contributed by atoms with E-state index in [0.717, 1.165) is 21.6 Å². The van der Waals surface area contributed by atoms with Crippen molar-refractivity contribution >= 4 is 15.9 Å². The Balaban J connectivity index is 2.61. The molecule has 3 nitrogen and oxygen atoms in total. The number of benzene rings is 1. The first-order chi connectivity index (χ1) is 8.95. The first kappa shape index (κ1) is 13.8. The van der Waals surface area contributed by atoms with Crippen LogP contribution in [0.15, 0.2) is 22.8 Å². The summed E-state index contributed by atoms with van der Waals surface area (Å²) in [5, 5.41) is 8.92. The number of aryl methyl sites for hydroxylation is 1. The first-order valence-corrected chi connectivity index (χ1v) is 6.98. The fourth-order valence-electron chi connectivity index (χ4n) is 2.33. The summed E-state index contributed by atoms with van der Waals surface area (Å²) in [5.41, 5.74) is 3.99. The van der Waals surface area contributed by atoms with E-state index in [2.05, 4.69) is 45.4 Å². The molecule has 1 aromatic carbocycles. The molecule has 0 aliphatic heterocycles. The molecule has 2 aromatic rings. The van der Waals surface area contributed by atoms with E-state index in [9.17, 15) is 0 Å². The van der Waals surface area contributed by atoms with Gasteiger partial charge in [-0.15, -0.1) is 0 Å². The number of imidazole rings is 1. The number of hydrogen-bond donors (Lipinski definition) is 0. The number of nitriles is 1. The fourth-order valence-corrected chi connectivity index (χ4v) is 3.22. The maximum Gasteiger partial charge on any atom is 0.141 e. The third kappa shape index (κ3) is 2.43. The highest BCUT2D eigenvalue weighted by molar-refractivity contribution is 9.10. The van der Waals surface area contributed by atoms with E-state index in [1.54, 1.807) is 0 Å². The summed E-state index contributed by atoms with van der Waals surface area (Å²) in [7, 11) is 2.03. The predicted octanol–water partition coefficient (Wildman–Crippen LogP) is 4.15. The van der Waals surface area contributed by atoms with Crippen LogP contribution in [-0.4, -0.2) is 9.55 Å². The highest BCUT2D eigenvalue weighted by atomic mass is 79.9. The van der Waals surface area contributed by atoms with Crippen molar-refractivity contribution in [2.75, 3.05) is 0 Å². The SMILES string of the molecule is Cc1cc(C#N)ccc1-c1nc(Br)c(C(C)C)n1C. The molecule has 2 rings (SSSR count). The smallest absolute Gasteiger partial charge is 0.141 e. The van der Waals surface area contributed by atoms with Gasteiger partial charge in [-0.2, -0.15) is 5.26 Å². The molecule has 0 spiro atoms. The largest absolute Gasteiger partial charge is 0.330 e. The van der Waals surface area contributed by atoms with Crippen LogP contribution < -0.4 is 0 Å². The topological polar surface area (TPSA) is 41.6 Å². The molecule has 4 heteroatoms. The second kappa shape index (κ2) is 5.18. The number of hydrogen-bond acceptors (Lipinski definition) is 2. The molecule has 0 amide bonds. The van der Waals surface area contributed by atoms with E-state index in [0.29, 0.717) is 11.5 Å². The zero-order valence-corrected chi connectivity index (χ0v) is 13.1. The summed E-state index contributed by atoms with van der Waals surface area (Å²) in [4.78, 5) is 4.61. The lowest BCUT2D eigenvalue weighted by molar-refractivity contribution is 0.741. The molecule has 0 fully saturated rings. The van der Waals surface area contributed by atoms with Crippen molar-refractivity contribution in [3.05, 3.63) is 39.6 Å². The van der Waals surface area contributed by atoms with Gasteiger partial charge in [-0.3, -0.25) is 0 Å². The van der Waals surface area contributed by atoms with Crippen molar-refractivity contribution in [3.8, 4) is 17.5 Å². The molecule has 0 aliphatic carbocycles. The zero-order valence-electron chi connectivity index (χ0n) is 11.5. The highest BCUT2D eigenvalue weighted by Gasteiger charge is 2.17. The van der Waals surface area contributed by atoms with Crippen molar-refractivity contribution in [2.45, 2.75) is 26.7 Å². The Hall–Kier alpha value is -1.60. The van der Waals surface area contributed by atoms with Crippen LogP contribution in [0.25, 0.3) is 11.4 Å². The van der Waals surface area contributed by atoms with Crippen LogP contribution in [0.5, 0.6) is 0 Å². The third-order valence-corrected chi connectivity index (χ3v) is 3.82. The Bertz CT molecular complexity index is 663. The standard InChI is InChI=1S/C15H16BrN3/c1-9(2)13-14(16)18-15(19(13)4)12-6-5-11(8-17)7-10(12)3/h5-7,9H,1-4H3. The maximum absolute atomic E-state index is 8.92. The molecule has 1 aromatic heterocycles. The van der Waals surface area contributed by atoms with Crippen molar-refractivity contribution in [2.24, 2.45) is 7.05 Å². The minimum absolute atomic E-state index is 0.402. The Morgan fingerprint density at radius 3 is 2.53 bits per heavy atom. The molecule has 19 heavy (non-hydrogen) atoms. The van der Waals surface area contributed by atoms with E-state index in [1.165, 1.54) is 5.69 Å². The molecule has 0 unspecified atom stereocenters. The van der Waals surface area contributed by atoms with Crippen LogP contribution in [0, 0.1) is 18.3 Å². The molecule has 0 aliphatic rings. The summed E-state index contributed by atoms with van der Waals surface area (Å²) < 4.78 is 3.01. The normalized spacial score (nSPS) is 10.8. The number of rotatable bonds is 2. The van der Waals surface area contributed by atoms with Crippen molar-refractivity contribution in [1.29, 1.82) is 5.26 Å². The predicted molar refractivity (Wildman–Crippen MR) is 79.9 cm³/mol. The van der Waals surface area contributed by atoms with Crippen LogP contribution in [0.4, 0.5) is 0 Å². The minimum Gasteiger partial charge on any atom is -0.330 e. The number of aromatic nitrogens is 2. The van der Waals surface area contributed by atoms with Gasteiger partial charge in [0.1, 0.15) is 10.4 Å². The molecule has 0 saturated carbocycles. The van der Waals surface area contributed by atoms with Crippen molar-refractivity contribution in [3.63, 3.8) is 0 Å². The van der Waals surface area contributed by atoms with Crippen LogP contribution in [-0.2, 0) is 7.05 Å². The molecule has 0 N–H and O–H groups in total. The van der Waals surface area contributed by atoms with Crippen LogP contribution in [0.1, 0.15) is 36.6 Å². The molecular weight excluding hydrogens is 302 g/mol. The lowest BCUT2D eigenvalue weighted by atomic mass is 10.0. The summed E-state index contributed by atoms with van der Waals surface area (Å²) >= 11 is 3.53. The van der Waals surface area contributed by atoms with Gasteiger partial charge in [0, 0.05) is 12.6 Å². The maximum atomic E-state index is 8.92.